The number of anilines is 1. The van der Waals surface area contributed by atoms with Gasteiger partial charge in [0.05, 0.1) is 5.75 Å². The predicted octanol–water partition coefficient (Wildman–Crippen LogP) is 3.80. The summed E-state index contributed by atoms with van der Waals surface area (Å²) in [5.74, 6) is 1.03. The number of carbonyl (C=O) groups is 1. The fraction of sp³-hybridized carbons (Fsp3) is 0.235. The van der Waals surface area contributed by atoms with Crippen molar-refractivity contribution in [3.05, 3.63) is 57.5 Å². The molecule has 0 aliphatic rings. The first-order valence-corrected chi connectivity index (χ1v) is 9.39. The van der Waals surface area contributed by atoms with E-state index in [1.807, 2.05) is 37.4 Å². The van der Waals surface area contributed by atoms with Gasteiger partial charge in [-0.05, 0) is 48.6 Å². The number of nitrogens with one attached hydrogen (secondary N) is 2. The molecule has 0 saturated heterocycles. The molecule has 2 N–H and O–H groups in total. The molecule has 0 aliphatic carbocycles. The number of hydrogen-bond acceptors (Lipinski definition) is 5. The van der Waals surface area contributed by atoms with Crippen LogP contribution in [0.25, 0.3) is 0 Å². The van der Waals surface area contributed by atoms with Gasteiger partial charge in [-0.2, -0.15) is 0 Å². The van der Waals surface area contributed by atoms with Crippen LogP contribution < -0.4 is 5.32 Å². The summed E-state index contributed by atoms with van der Waals surface area (Å²) >= 11 is 3.02. The lowest BCUT2D eigenvalue weighted by atomic mass is 10.1. The van der Waals surface area contributed by atoms with Crippen molar-refractivity contribution in [2.75, 3.05) is 11.1 Å². The molecule has 0 fully saturated rings. The number of thiophene rings is 1. The lowest BCUT2D eigenvalue weighted by molar-refractivity contribution is -0.113. The number of aromatic amines is 1. The third kappa shape index (κ3) is 4.69. The van der Waals surface area contributed by atoms with Gasteiger partial charge in [-0.3, -0.25) is 9.89 Å². The zero-order valence-electron chi connectivity index (χ0n) is 13.5. The maximum absolute atomic E-state index is 12.1. The van der Waals surface area contributed by atoms with Crippen LogP contribution in [-0.4, -0.2) is 26.8 Å². The summed E-state index contributed by atoms with van der Waals surface area (Å²) in [4.78, 5) is 17.7. The molecule has 2 aromatic heterocycles. The van der Waals surface area contributed by atoms with Crippen LogP contribution in [0.1, 0.15) is 21.8 Å². The number of amides is 1. The first kappa shape index (κ1) is 16.7. The van der Waals surface area contributed by atoms with Crippen LogP contribution in [0, 0.1) is 13.8 Å². The van der Waals surface area contributed by atoms with Gasteiger partial charge in [0.25, 0.3) is 0 Å². The molecule has 1 amide bonds. The fourth-order valence-electron chi connectivity index (χ4n) is 2.37. The molecule has 0 atom stereocenters. The van der Waals surface area contributed by atoms with Gasteiger partial charge < -0.3 is 5.32 Å². The second-order valence-electron chi connectivity index (χ2n) is 5.53. The second kappa shape index (κ2) is 7.63. The van der Waals surface area contributed by atoms with Gasteiger partial charge in [-0.15, -0.1) is 16.4 Å². The number of hydrogen-bond donors (Lipinski definition) is 2. The van der Waals surface area contributed by atoms with Gasteiger partial charge in [0.15, 0.2) is 0 Å². The third-order valence-corrected chi connectivity index (χ3v) is 4.99. The molecular formula is C17H18N4OS2. The standard InChI is InChI=1S/C17H18N4OS2/c1-11-6-12(2)8-13(7-11)18-16(22)10-24-17-19-15(20-21-17)9-14-4-3-5-23-14/h3-8H,9-10H2,1-2H3,(H,18,22)(H,19,20,21). The van der Waals surface area contributed by atoms with E-state index >= 15 is 0 Å². The minimum Gasteiger partial charge on any atom is -0.325 e. The first-order chi connectivity index (χ1) is 11.6. The van der Waals surface area contributed by atoms with Crippen molar-refractivity contribution in [3.63, 3.8) is 0 Å². The van der Waals surface area contributed by atoms with E-state index in [1.165, 1.54) is 16.6 Å². The van der Waals surface area contributed by atoms with E-state index in [0.717, 1.165) is 29.1 Å². The normalized spacial score (nSPS) is 10.8. The molecule has 0 radical (unpaired) electrons. The van der Waals surface area contributed by atoms with Crippen LogP contribution >= 0.6 is 23.1 Å². The van der Waals surface area contributed by atoms with Gasteiger partial charge in [0.1, 0.15) is 5.82 Å². The van der Waals surface area contributed by atoms with Crippen LogP contribution in [0.5, 0.6) is 0 Å². The molecule has 7 heteroatoms. The molecular weight excluding hydrogens is 340 g/mol. The summed E-state index contributed by atoms with van der Waals surface area (Å²) in [6.45, 7) is 4.03. The molecule has 0 aliphatic heterocycles. The summed E-state index contributed by atoms with van der Waals surface area (Å²) < 4.78 is 0. The quantitative estimate of drug-likeness (QED) is 0.658. The molecule has 5 nitrogen and oxygen atoms in total. The van der Waals surface area contributed by atoms with E-state index < -0.39 is 0 Å². The minimum absolute atomic E-state index is 0.0605. The summed E-state index contributed by atoms with van der Waals surface area (Å²) in [6, 6.07) is 10.1. The first-order valence-electron chi connectivity index (χ1n) is 7.53. The smallest absolute Gasteiger partial charge is 0.234 e. The van der Waals surface area contributed by atoms with Crippen LogP contribution in [0.2, 0.25) is 0 Å². The van der Waals surface area contributed by atoms with Gasteiger partial charge in [0.2, 0.25) is 11.1 Å². The summed E-state index contributed by atoms with van der Waals surface area (Å²) in [6.07, 6.45) is 0.736. The zero-order valence-corrected chi connectivity index (χ0v) is 15.1. The highest BCUT2D eigenvalue weighted by Crippen LogP contribution is 2.18. The van der Waals surface area contributed by atoms with E-state index in [4.69, 9.17) is 0 Å². The Morgan fingerprint density at radius 2 is 2.08 bits per heavy atom. The lowest BCUT2D eigenvalue weighted by Crippen LogP contribution is -2.14. The molecule has 3 aromatic rings. The highest BCUT2D eigenvalue weighted by Gasteiger charge is 2.09. The number of aryl methyl sites for hydroxylation is 2. The zero-order chi connectivity index (χ0) is 16.9. The Labute approximate surface area is 148 Å². The average molecular weight is 358 g/mol. The Kier molecular flexibility index (Phi) is 5.32. The molecule has 0 bridgehead atoms. The van der Waals surface area contributed by atoms with Crippen molar-refractivity contribution in [3.8, 4) is 0 Å². The lowest BCUT2D eigenvalue weighted by Gasteiger charge is -2.06. The Morgan fingerprint density at radius 1 is 1.29 bits per heavy atom. The topological polar surface area (TPSA) is 70.7 Å². The Bertz CT molecular complexity index is 807. The monoisotopic (exact) mass is 358 g/mol. The number of aromatic nitrogens is 3. The average Bonchev–Trinajstić information content (AvgIpc) is 3.16. The van der Waals surface area contributed by atoms with Gasteiger partial charge >= 0.3 is 0 Å². The SMILES string of the molecule is Cc1cc(C)cc(NC(=O)CSc2n[nH]c(Cc3cccs3)n2)c1. The molecule has 24 heavy (non-hydrogen) atoms. The van der Waals surface area contributed by atoms with Crippen LogP contribution in [0.4, 0.5) is 5.69 Å². The molecule has 0 saturated carbocycles. The Hall–Kier alpha value is -2.12. The number of benzene rings is 1. The summed E-state index contributed by atoms with van der Waals surface area (Å²) in [7, 11) is 0. The summed E-state index contributed by atoms with van der Waals surface area (Å²) in [5.41, 5.74) is 3.08. The van der Waals surface area contributed by atoms with Crippen molar-refractivity contribution in [1.29, 1.82) is 0 Å². The Balaban J connectivity index is 1.52. The van der Waals surface area contributed by atoms with Gasteiger partial charge in [0, 0.05) is 17.0 Å². The van der Waals surface area contributed by atoms with Crippen molar-refractivity contribution >= 4 is 34.7 Å². The highest BCUT2D eigenvalue weighted by molar-refractivity contribution is 7.99. The fourth-order valence-corrected chi connectivity index (χ4v) is 3.70. The number of nitrogens with zero attached hydrogens (tertiary/aromatic N) is 2. The predicted molar refractivity (Wildman–Crippen MR) is 98.8 cm³/mol. The number of carbonyl (C=O) groups excluding carboxylic acids is 1. The van der Waals surface area contributed by atoms with E-state index in [1.54, 1.807) is 11.3 Å². The third-order valence-electron chi connectivity index (χ3n) is 3.27. The van der Waals surface area contributed by atoms with Crippen molar-refractivity contribution in [2.24, 2.45) is 0 Å². The van der Waals surface area contributed by atoms with Crippen molar-refractivity contribution in [1.82, 2.24) is 15.2 Å². The van der Waals surface area contributed by atoms with E-state index in [9.17, 15) is 4.79 Å². The maximum atomic E-state index is 12.1. The Morgan fingerprint density at radius 3 is 2.79 bits per heavy atom. The van der Waals surface area contributed by atoms with Crippen molar-refractivity contribution in [2.45, 2.75) is 25.4 Å². The number of rotatable bonds is 6. The molecule has 3 rings (SSSR count). The van der Waals surface area contributed by atoms with E-state index in [0.29, 0.717) is 5.16 Å². The van der Waals surface area contributed by atoms with Crippen LogP contribution in [0.3, 0.4) is 0 Å². The van der Waals surface area contributed by atoms with Gasteiger partial charge in [-0.25, -0.2) is 4.98 Å². The highest BCUT2D eigenvalue weighted by atomic mass is 32.2. The van der Waals surface area contributed by atoms with Crippen LogP contribution in [0.15, 0.2) is 40.9 Å². The van der Waals surface area contributed by atoms with Gasteiger partial charge in [-0.1, -0.05) is 23.9 Å². The number of thioether (sulfide) groups is 1. The molecule has 0 spiro atoms. The minimum atomic E-state index is -0.0605. The van der Waals surface area contributed by atoms with Crippen molar-refractivity contribution < 1.29 is 4.79 Å². The van der Waals surface area contributed by atoms with Crippen LogP contribution in [-0.2, 0) is 11.2 Å². The van der Waals surface area contributed by atoms with E-state index in [2.05, 4.69) is 32.6 Å². The number of H-pyrrole nitrogens is 1. The van der Waals surface area contributed by atoms with E-state index in [-0.39, 0.29) is 11.7 Å². The maximum Gasteiger partial charge on any atom is 0.234 e. The molecule has 0 unspecified atom stereocenters. The molecule has 2 heterocycles. The molecule has 1 aromatic carbocycles. The second-order valence-corrected chi connectivity index (χ2v) is 7.51. The summed E-state index contributed by atoms with van der Waals surface area (Å²) in [5, 5.41) is 12.6. The largest absolute Gasteiger partial charge is 0.325 e. The molecule has 124 valence electrons.